The fraction of sp³-hybridized carbons (Fsp3) is 1.00. The second-order valence-electron chi connectivity index (χ2n) is 5.74. The van der Waals surface area contributed by atoms with Crippen molar-refractivity contribution in [3.63, 3.8) is 0 Å². The van der Waals surface area contributed by atoms with Crippen molar-refractivity contribution in [3.05, 3.63) is 0 Å². The van der Waals surface area contributed by atoms with Crippen LogP contribution in [0.5, 0.6) is 0 Å². The van der Waals surface area contributed by atoms with Gasteiger partial charge >= 0.3 is 11.4 Å². The zero-order valence-corrected chi connectivity index (χ0v) is 15.1. The van der Waals surface area contributed by atoms with Crippen LogP contribution < -0.4 is 0 Å². The third kappa shape index (κ3) is 18.0. The van der Waals surface area contributed by atoms with Crippen molar-refractivity contribution in [1.82, 2.24) is 0 Å². The highest BCUT2D eigenvalue weighted by molar-refractivity contribution is 7.75. The van der Waals surface area contributed by atoms with Crippen LogP contribution in [0.3, 0.4) is 0 Å². The third-order valence-electron chi connectivity index (χ3n) is 3.60. The Morgan fingerprint density at radius 3 is 1.43 bits per heavy atom. The Hall–Kier alpha value is 0.0700. The Kier molecular flexibility index (Phi) is 18.2. The minimum Gasteiger partial charge on any atom is -0.268 e. The molecule has 0 aliphatic heterocycles. The van der Waals surface area contributed by atoms with Crippen molar-refractivity contribution < 1.29 is 12.6 Å². The summed E-state index contributed by atoms with van der Waals surface area (Å²) in [6.07, 6.45) is 16.4. The van der Waals surface area contributed by atoms with E-state index in [1.54, 1.807) is 0 Å². The van der Waals surface area contributed by atoms with Gasteiger partial charge in [0.1, 0.15) is 0 Å². The van der Waals surface area contributed by atoms with Crippen molar-refractivity contribution in [2.45, 2.75) is 97.3 Å². The highest BCUT2D eigenvalue weighted by Crippen LogP contribution is 2.11. The molecule has 0 bridgehead atoms. The van der Waals surface area contributed by atoms with E-state index in [1.807, 2.05) is 0 Å². The maximum Gasteiger partial charge on any atom is 0.304 e. The Morgan fingerprint density at radius 1 is 0.571 bits per heavy atom. The first-order valence-electron chi connectivity index (χ1n) is 8.99. The molecule has 0 aliphatic carbocycles. The number of hydrogen-bond acceptors (Lipinski definition) is 3. The predicted molar refractivity (Wildman–Crippen MR) is 91.4 cm³/mol. The summed E-state index contributed by atoms with van der Waals surface area (Å²) in [7, 11) is 0. The standard InChI is InChI=1S/C17H36O3S/c1-3-5-7-8-9-10-11-12-13-14-15-17-20-21(18)19-16-6-4-2/h3-17H2,1-2H3. The van der Waals surface area contributed by atoms with E-state index in [-0.39, 0.29) is 0 Å². The molecule has 0 radical (unpaired) electrons. The van der Waals surface area contributed by atoms with Gasteiger partial charge in [0.15, 0.2) is 0 Å². The molecule has 0 N–H and O–H groups in total. The zero-order chi connectivity index (χ0) is 15.6. The molecule has 0 spiro atoms. The lowest BCUT2D eigenvalue weighted by Gasteiger charge is -2.04. The minimum absolute atomic E-state index is 0.529. The van der Waals surface area contributed by atoms with Crippen molar-refractivity contribution in [1.29, 1.82) is 0 Å². The summed E-state index contributed by atoms with van der Waals surface area (Å²) in [5.41, 5.74) is 0. The Labute approximate surface area is 135 Å². The summed E-state index contributed by atoms with van der Waals surface area (Å²) >= 11 is -1.54. The second kappa shape index (κ2) is 18.1. The van der Waals surface area contributed by atoms with Gasteiger partial charge in [0.2, 0.25) is 0 Å². The molecule has 3 nitrogen and oxygen atoms in total. The highest BCUT2D eigenvalue weighted by Gasteiger charge is 2.00. The summed E-state index contributed by atoms with van der Waals surface area (Å²) in [5.74, 6) is 0. The molecule has 0 aliphatic rings. The second-order valence-corrected chi connectivity index (χ2v) is 6.62. The smallest absolute Gasteiger partial charge is 0.268 e. The molecule has 0 aromatic carbocycles. The maximum atomic E-state index is 11.3. The first-order chi connectivity index (χ1) is 10.3. The van der Waals surface area contributed by atoms with E-state index < -0.39 is 11.4 Å². The summed E-state index contributed by atoms with van der Waals surface area (Å²) in [4.78, 5) is 0. The SMILES string of the molecule is CCCCCCCCCCCCCOS(=O)OCCCC. The van der Waals surface area contributed by atoms with Gasteiger partial charge in [-0.25, -0.2) is 0 Å². The molecule has 128 valence electrons. The van der Waals surface area contributed by atoms with Gasteiger partial charge in [0.05, 0.1) is 13.2 Å². The van der Waals surface area contributed by atoms with Crippen LogP contribution in [0.15, 0.2) is 0 Å². The van der Waals surface area contributed by atoms with E-state index in [9.17, 15) is 4.21 Å². The first-order valence-corrected chi connectivity index (χ1v) is 9.99. The molecule has 0 amide bonds. The number of unbranched alkanes of at least 4 members (excludes halogenated alkanes) is 11. The van der Waals surface area contributed by atoms with Crippen molar-refractivity contribution in [2.75, 3.05) is 13.2 Å². The molecular weight excluding hydrogens is 284 g/mol. The van der Waals surface area contributed by atoms with Crippen LogP contribution in [0.25, 0.3) is 0 Å². The lowest BCUT2D eigenvalue weighted by molar-refractivity contribution is 0.242. The van der Waals surface area contributed by atoms with Crippen LogP contribution >= 0.6 is 0 Å². The van der Waals surface area contributed by atoms with E-state index in [1.165, 1.54) is 64.2 Å². The molecule has 0 fully saturated rings. The van der Waals surface area contributed by atoms with E-state index in [0.29, 0.717) is 13.2 Å². The minimum atomic E-state index is -1.54. The average Bonchev–Trinajstić information content (AvgIpc) is 2.48. The van der Waals surface area contributed by atoms with Crippen LogP contribution in [-0.2, 0) is 19.7 Å². The lowest BCUT2D eigenvalue weighted by atomic mass is 10.1. The molecule has 21 heavy (non-hydrogen) atoms. The summed E-state index contributed by atoms with van der Waals surface area (Å²) in [5, 5.41) is 0. The molecule has 0 saturated heterocycles. The average molecular weight is 321 g/mol. The lowest BCUT2D eigenvalue weighted by Crippen LogP contribution is -2.04. The summed E-state index contributed by atoms with van der Waals surface area (Å²) < 4.78 is 21.4. The van der Waals surface area contributed by atoms with Gasteiger partial charge in [-0.1, -0.05) is 84.5 Å². The van der Waals surface area contributed by atoms with E-state index >= 15 is 0 Å². The van der Waals surface area contributed by atoms with E-state index in [4.69, 9.17) is 8.37 Å². The number of rotatable bonds is 17. The van der Waals surface area contributed by atoms with Crippen LogP contribution in [0.1, 0.15) is 97.3 Å². The Balaban J connectivity index is 3.06. The molecule has 0 rings (SSSR count). The van der Waals surface area contributed by atoms with Gasteiger partial charge in [-0.3, -0.25) is 8.37 Å². The molecule has 4 heteroatoms. The fourth-order valence-corrected chi connectivity index (χ4v) is 2.77. The van der Waals surface area contributed by atoms with Crippen LogP contribution in [0, 0.1) is 0 Å². The van der Waals surface area contributed by atoms with Crippen molar-refractivity contribution >= 4 is 11.4 Å². The molecule has 1 unspecified atom stereocenters. The monoisotopic (exact) mass is 320 g/mol. The van der Waals surface area contributed by atoms with Gasteiger partial charge in [-0.15, -0.1) is 0 Å². The van der Waals surface area contributed by atoms with Crippen LogP contribution in [0.4, 0.5) is 0 Å². The van der Waals surface area contributed by atoms with Crippen LogP contribution in [-0.4, -0.2) is 17.4 Å². The zero-order valence-electron chi connectivity index (χ0n) is 14.2. The first kappa shape index (κ1) is 21.1. The molecule has 1 atom stereocenters. The summed E-state index contributed by atoms with van der Waals surface area (Å²) in [6, 6.07) is 0. The van der Waals surface area contributed by atoms with Gasteiger partial charge < -0.3 is 0 Å². The van der Waals surface area contributed by atoms with Crippen molar-refractivity contribution in [2.24, 2.45) is 0 Å². The molecule has 0 heterocycles. The molecule has 0 saturated carbocycles. The maximum absolute atomic E-state index is 11.3. The highest BCUT2D eigenvalue weighted by atomic mass is 32.2. The molecular formula is C17H36O3S. The van der Waals surface area contributed by atoms with Crippen molar-refractivity contribution in [3.8, 4) is 0 Å². The Morgan fingerprint density at radius 2 is 0.952 bits per heavy atom. The largest absolute Gasteiger partial charge is 0.304 e. The molecule has 0 aromatic heterocycles. The normalized spacial score (nSPS) is 12.7. The number of hydrogen-bond donors (Lipinski definition) is 0. The van der Waals surface area contributed by atoms with Gasteiger partial charge in [-0.2, -0.15) is 4.21 Å². The van der Waals surface area contributed by atoms with Gasteiger partial charge in [-0.05, 0) is 12.8 Å². The predicted octanol–water partition coefficient (Wildman–Crippen LogP) is 5.71. The van der Waals surface area contributed by atoms with Gasteiger partial charge in [0.25, 0.3) is 0 Å². The van der Waals surface area contributed by atoms with Crippen LogP contribution in [0.2, 0.25) is 0 Å². The third-order valence-corrected chi connectivity index (χ3v) is 4.32. The summed E-state index contributed by atoms with van der Waals surface area (Å²) in [6.45, 7) is 5.42. The van der Waals surface area contributed by atoms with E-state index in [0.717, 1.165) is 19.3 Å². The van der Waals surface area contributed by atoms with E-state index in [2.05, 4.69) is 13.8 Å². The quantitative estimate of drug-likeness (QED) is 0.322. The fourth-order valence-electron chi connectivity index (χ4n) is 2.20. The topological polar surface area (TPSA) is 35.5 Å². The van der Waals surface area contributed by atoms with Gasteiger partial charge in [0, 0.05) is 0 Å². The Bertz CT molecular complexity index is 222. The molecule has 0 aromatic rings.